The Bertz CT molecular complexity index is 653. The molecule has 1 heterocycles. The number of hydrogen-bond acceptors (Lipinski definition) is 3. The summed E-state index contributed by atoms with van der Waals surface area (Å²) in [6.07, 6.45) is 7.34. The van der Waals surface area contributed by atoms with Crippen LogP contribution >= 0.6 is 15.9 Å². The summed E-state index contributed by atoms with van der Waals surface area (Å²) in [4.78, 5) is 11.7. The fraction of sp³-hybridized carbons (Fsp3) is 0.500. The number of ether oxygens (including phenoxy) is 2. The van der Waals surface area contributed by atoms with Crippen LogP contribution in [-0.4, -0.2) is 19.0 Å². The van der Waals surface area contributed by atoms with Crippen molar-refractivity contribution in [2.75, 3.05) is 13.2 Å². The summed E-state index contributed by atoms with van der Waals surface area (Å²) in [5.41, 5.74) is 2.45. The van der Waals surface area contributed by atoms with E-state index in [1.54, 1.807) is 0 Å². The Morgan fingerprint density at radius 2 is 1.64 bits per heavy atom. The Kier molecular flexibility index (Phi) is 3.52. The van der Waals surface area contributed by atoms with Crippen LogP contribution in [0, 0.1) is 0 Å². The second-order valence-electron chi connectivity index (χ2n) is 6.40. The lowest BCUT2D eigenvalue weighted by atomic mass is 9.70. The monoisotopic (exact) mass is 362 g/mol. The van der Waals surface area contributed by atoms with Crippen LogP contribution in [-0.2, 0) is 10.2 Å². The average Bonchev–Trinajstić information content (AvgIpc) is 2.74. The lowest BCUT2D eigenvalue weighted by Crippen LogP contribution is -2.30. The summed E-state index contributed by atoms with van der Waals surface area (Å²) in [5, 5.41) is 0. The number of rotatable bonds is 0. The van der Waals surface area contributed by atoms with Gasteiger partial charge in [-0.3, -0.25) is 4.79 Å². The summed E-state index contributed by atoms with van der Waals surface area (Å²) in [7, 11) is 0. The fourth-order valence-electron chi connectivity index (χ4n) is 3.77. The van der Waals surface area contributed by atoms with Crippen molar-refractivity contribution in [1.82, 2.24) is 0 Å². The molecule has 0 aromatic heterocycles. The average molecular weight is 363 g/mol. The minimum Gasteiger partial charge on any atom is -0.490 e. The Morgan fingerprint density at radius 3 is 2.32 bits per heavy atom. The molecule has 3 nitrogen and oxygen atoms in total. The van der Waals surface area contributed by atoms with E-state index < -0.39 is 0 Å². The molecule has 1 aromatic rings. The summed E-state index contributed by atoms with van der Waals surface area (Å²) >= 11 is 3.77. The summed E-state index contributed by atoms with van der Waals surface area (Å²) in [6.45, 7) is 1.49. The summed E-state index contributed by atoms with van der Waals surface area (Å²) < 4.78 is 13.0. The number of hydrogen-bond donors (Lipinski definition) is 0. The molecular weight excluding hydrogens is 344 g/mol. The van der Waals surface area contributed by atoms with Crippen LogP contribution in [0.4, 0.5) is 0 Å². The molecule has 1 aliphatic heterocycles. The second-order valence-corrected chi connectivity index (χ2v) is 7.26. The molecule has 0 amide bonds. The van der Waals surface area contributed by atoms with Crippen LogP contribution in [0.15, 0.2) is 16.6 Å². The van der Waals surface area contributed by atoms with Gasteiger partial charge in [0.2, 0.25) is 0 Å². The van der Waals surface area contributed by atoms with Gasteiger partial charge < -0.3 is 9.47 Å². The summed E-state index contributed by atoms with van der Waals surface area (Å²) in [5.74, 6) is 2.08. The van der Waals surface area contributed by atoms with Gasteiger partial charge in [0.25, 0.3) is 0 Å². The molecule has 1 saturated carbocycles. The molecule has 0 atom stereocenters. The molecule has 3 aliphatic rings. The van der Waals surface area contributed by atoms with Crippen molar-refractivity contribution >= 4 is 27.8 Å². The highest BCUT2D eigenvalue weighted by molar-refractivity contribution is 9.11. The lowest BCUT2D eigenvalue weighted by molar-refractivity contribution is -0.121. The molecular formula is C18H19BrO3. The molecule has 4 rings (SSSR count). The van der Waals surface area contributed by atoms with E-state index in [-0.39, 0.29) is 5.41 Å². The van der Waals surface area contributed by atoms with Crippen molar-refractivity contribution in [3.63, 3.8) is 0 Å². The predicted molar refractivity (Wildman–Crippen MR) is 88.7 cm³/mol. The van der Waals surface area contributed by atoms with E-state index in [0.717, 1.165) is 50.4 Å². The van der Waals surface area contributed by atoms with Crippen molar-refractivity contribution in [1.29, 1.82) is 0 Å². The molecule has 0 N–H and O–H groups in total. The predicted octanol–water partition coefficient (Wildman–Crippen LogP) is 4.37. The largest absolute Gasteiger partial charge is 0.490 e. The van der Waals surface area contributed by atoms with Gasteiger partial charge in [-0.25, -0.2) is 0 Å². The molecule has 1 fully saturated rings. The van der Waals surface area contributed by atoms with Crippen LogP contribution in [0.25, 0.3) is 6.08 Å². The number of halogens is 1. The normalized spacial score (nSPS) is 22.8. The van der Waals surface area contributed by atoms with Crippen molar-refractivity contribution in [2.45, 2.75) is 43.9 Å². The Balaban J connectivity index is 1.78. The molecule has 4 heteroatoms. The standard InChI is InChI=1S/C18H19BrO3/c19-17-10-12-9-15-16(22-8-2-1-7-21-15)11-14(12)18(17)5-3-13(20)4-6-18/h9-11H,1-8H2. The van der Waals surface area contributed by atoms with E-state index in [1.807, 2.05) is 0 Å². The quantitative estimate of drug-likeness (QED) is 0.687. The lowest BCUT2D eigenvalue weighted by Gasteiger charge is -2.35. The van der Waals surface area contributed by atoms with Crippen molar-refractivity contribution < 1.29 is 14.3 Å². The van der Waals surface area contributed by atoms with E-state index >= 15 is 0 Å². The molecule has 0 saturated heterocycles. The van der Waals surface area contributed by atoms with Gasteiger partial charge in [0.05, 0.1) is 13.2 Å². The van der Waals surface area contributed by atoms with E-state index in [4.69, 9.17) is 9.47 Å². The first-order valence-corrected chi connectivity index (χ1v) is 8.82. The van der Waals surface area contributed by atoms with Crippen LogP contribution in [0.3, 0.4) is 0 Å². The van der Waals surface area contributed by atoms with Crippen molar-refractivity contribution in [3.8, 4) is 11.5 Å². The Morgan fingerprint density at radius 1 is 1.00 bits per heavy atom. The number of fused-ring (bicyclic) bond motifs is 3. The van der Waals surface area contributed by atoms with Crippen LogP contribution in [0.2, 0.25) is 0 Å². The van der Waals surface area contributed by atoms with Crippen molar-refractivity contribution in [2.24, 2.45) is 0 Å². The molecule has 0 bridgehead atoms. The summed E-state index contributed by atoms with van der Waals surface area (Å²) in [6, 6.07) is 4.25. The SMILES string of the molecule is O=C1CCC2(CC1)C(Br)=Cc1cc3c(cc12)OCCCCO3. The third-order valence-electron chi connectivity index (χ3n) is 5.09. The first kappa shape index (κ1) is 14.3. The number of carbonyl (C=O) groups is 1. The van der Waals surface area contributed by atoms with Crippen LogP contribution in [0.5, 0.6) is 11.5 Å². The zero-order valence-corrected chi connectivity index (χ0v) is 14.1. The highest BCUT2D eigenvalue weighted by atomic mass is 79.9. The molecule has 2 aliphatic carbocycles. The van der Waals surface area contributed by atoms with Gasteiger partial charge in [0.1, 0.15) is 5.78 Å². The zero-order valence-electron chi connectivity index (χ0n) is 12.5. The van der Waals surface area contributed by atoms with Gasteiger partial charge >= 0.3 is 0 Å². The van der Waals surface area contributed by atoms with Crippen LogP contribution < -0.4 is 9.47 Å². The van der Waals surface area contributed by atoms with Gasteiger partial charge in [-0.05, 0) is 55.0 Å². The van der Waals surface area contributed by atoms with E-state index in [9.17, 15) is 4.79 Å². The maximum atomic E-state index is 11.7. The Hall–Kier alpha value is -1.29. The van der Waals surface area contributed by atoms with E-state index in [2.05, 4.69) is 34.1 Å². The van der Waals surface area contributed by atoms with Gasteiger partial charge in [-0.1, -0.05) is 15.9 Å². The molecule has 116 valence electrons. The molecule has 0 unspecified atom stereocenters. The number of Topliss-reactive ketones (excluding diaryl/α,β-unsaturated/α-hetero) is 1. The van der Waals surface area contributed by atoms with Gasteiger partial charge in [0.15, 0.2) is 11.5 Å². The van der Waals surface area contributed by atoms with E-state index in [1.165, 1.54) is 15.6 Å². The number of benzene rings is 1. The minimum atomic E-state index is -0.0377. The topological polar surface area (TPSA) is 35.5 Å². The Labute approximate surface area is 138 Å². The van der Waals surface area contributed by atoms with Gasteiger partial charge in [0, 0.05) is 22.7 Å². The second kappa shape index (κ2) is 5.41. The van der Waals surface area contributed by atoms with Gasteiger partial charge in [-0.15, -0.1) is 0 Å². The maximum absolute atomic E-state index is 11.7. The fourth-order valence-corrected chi connectivity index (χ4v) is 4.63. The van der Waals surface area contributed by atoms with Gasteiger partial charge in [-0.2, -0.15) is 0 Å². The molecule has 1 spiro atoms. The first-order valence-electron chi connectivity index (χ1n) is 8.02. The third kappa shape index (κ3) is 2.19. The number of allylic oxidation sites excluding steroid dienone is 1. The highest BCUT2D eigenvalue weighted by Crippen LogP contribution is 2.54. The van der Waals surface area contributed by atoms with Crippen LogP contribution in [0.1, 0.15) is 49.7 Å². The molecule has 1 aromatic carbocycles. The molecule has 0 radical (unpaired) electrons. The molecule has 22 heavy (non-hydrogen) atoms. The van der Waals surface area contributed by atoms with E-state index in [0.29, 0.717) is 18.6 Å². The van der Waals surface area contributed by atoms with Crippen molar-refractivity contribution in [3.05, 3.63) is 27.7 Å². The zero-order chi connectivity index (χ0) is 15.2. The third-order valence-corrected chi connectivity index (χ3v) is 6.07. The maximum Gasteiger partial charge on any atom is 0.161 e. The highest BCUT2D eigenvalue weighted by Gasteiger charge is 2.43. The number of ketones is 1. The minimum absolute atomic E-state index is 0.0377. The number of carbonyl (C=O) groups excluding carboxylic acids is 1. The first-order chi connectivity index (χ1) is 10.7. The smallest absolute Gasteiger partial charge is 0.161 e.